The van der Waals surface area contributed by atoms with Gasteiger partial charge in [-0.25, -0.2) is 0 Å². The molecule has 0 unspecified atom stereocenters. The second kappa shape index (κ2) is 9.24. The van der Waals surface area contributed by atoms with Gasteiger partial charge in [-0.2, -0.15) is 5.10 Å². The molecule has 0 N–H and O–H groups in total. The van der Waals surface area contributed by atoms with Crippen LogP contribution in [0.1, 0.15) is 26.7 Å². The molecule has 170 valence electrons. The van der Waals surface area contributed by atoms with Gasteiger partial charge >= 0.3 is 0 Å². The monoisotopic (exact) mass is 442 g/mol. The van der Waals surface area contributed by atoms with E-state index in [0.29, 0.717) is 0 Å². The molecular formula is C27H30N4O2. The molecule has 33 heavy (non-hydrogen) atoms. The molecule has 1 aliphatic rings. The van der Waals surface area contributed by atoms with Gasteiger partial charge in [-0.1, -0.05) is 12.1 Å². The topological polar surface area (TPSA) is 52.3 Å². The van der Waals surface area contributed by atoms with Crippen molar-refractivity contribution in [1.82, 2.24) is 19.2 Å². The number of ether oxygens (including phenoxy) is 1. The van der Waals surface area contributed by atoms with Crippen molar-refractivity contribution in [2.45, 2.75) is 39.3 Å². The fraction of sp³-hybridized carbons (Fsp3) is 0.333. The van der Waals surface area contributed by atoms with E-state index in [-0.39, 0.29) is 11.7 Å². The van der Waals surface area contributed by atoms with E-state index in [9.17, 15) is 4.79 Å². The Bertz CT molecular complexity index is 1300. The summed E-state index contributed by atoms with van der Waals surface area (Å²) in [6.07, 6.45) is 6.47. The smallest absolute Gasteiger partial charge is 0.255 e. The van der Waals surface area contributed by atoms with Crippen LogP contribution in [0.3, 0.4) is 0 Å². The lowest BCUT2D eigenvalue weighted by molar-refractivity contribution is 0.242. The molecule has 2 aromatic heterocycles. The number of likely N-dealkylation sites (tertiary alicyclic amines) is 1. The number of nitrogens with zero attached hydrogens (tertiary/aromatic N) is 4. The lowest BCUT2D eigenvalue weighted by atomic mass is 10.1. The summed E-state index contributed by atoms with van der Waals surface area (Å²) >= 11 is 0. The Morgan fingerprint density at radius 1 is 0.939 bits per heavy atom. The fourth-order valence-electron chi connectivity index (χ4n) is 4.51. The van der Waals surface area contributed by atoms with Crippen LogP contribution in [0.5, 0.6) is 5.75 Å². The van der Waals surface area contributed by atoms with Crippen molar-refractivity contribution in [2.24, 2.45) is 0 Å². The van der Waals surface area contributed by atoms with Gasteiger partial charge in [-0.3, -0.25) is 14.0 Å². The maximum Gasteiger partial charge on any atom is 0.255 e. The normalized spacial score (nSPS) is 14.4. The van der Waals surface area contributed by atoms with Gasteiger partial charge in [0, 0.05) is 29.9 Å². The molecule has 0 saturated carbocycles. The molecule has 3 heterocycles. The van der Waals surface area contributed by atoms with Crippen molar-refractivity contribution in [3.63, 3.8) is 0 Å². The van der Waals surface area contributed by atoms with Crippen molar-refractivity contribution < 1.29 is 4.74 Å². The summed E-state index contributed by atoms with van der Waals surface area (Å²) in [5.41, 5.74) is 3.77. The molecule has 0 bridgehead atoms. The second-order valence-electron chi connectivity index (χ2n) is 8.97. The van der Waals surface area contributed by atoms with E-state index in [2.05, 4.69) is 20.7 Å². The van der Waals surface area contributed by atoms with Crippen LogP contribution < -0.4 is 10.3 Å². The van der Waals surface area contributed by atoms with Crippen molar-refractivity contribution in [2.75, 3.05) is 19.6 Å². The number of benzene rings is 2. The standard InChI is InChI=1S/C27H30N4O2/c1-20(2)33-25-8-5-21(6-9-25)22-11-14-30(27(32)18-22)24-7-10-26-23(17-24)19-28-31(26)16-15-29-12-3-4-13-29/h5-11,14,17-20H,3-4,12-13,15-16H2,1-2H3. The zero-order valence-corrected chi connectivity index (χ0v) is 19.3. The van der Waals surface area contributed by atoms with E-state index in [4.69, 9.17) is 4.74 Å². The van der Waals surface area contributed by atoms with E-state index in [1.165, 1.54) is 25.9 Å². The van der Waals surface area contributed by atoms with Gasteiger partial charge in [0.15, 0.2) is 0 Å². The quantitative estimate of drug-likeness (QED) is 0.415. The Morgan fingerprint density at radius 2 is 1.73 bits per heavy atom. The summed E-state index contributed by atoms with van der Waals surface area (Å²) in [5, 5.41) is 5.63. The first-order valence-electron chi connectivity index (χ1n) is 11.7. The zero-order chi connectivity index (χ0) is 22.8. The third-order valence-electron chi connectivity index (χ3n) is 6.21. The molecule has 1 saturated heterocycles. The SMILES string of the molecule is CC(C)Oc1ccc(-c2ccn(-c3ccc4c(cnn4CCN4CCCC4)c3)c(=O)c2)cc1. The summed E-state index contributed by atoms with van der Waals surface area (Å²) in [6.45, 7) is 8.31. The van der Waals surface area contributed by atoms with E-state index in [1.54, 1.807) is 10.6 Å². The van der Waals surface area contributed by atoms with Gasteiger partial charge in [-0.15, -0.1) is 0 Å². The molecule has 5 rings (SSSR count). The van der Waals surface area contributed by atoms with Gasteiger partial charge in [0.1, 0.15) is 5.75 Å². The van der Waals surface area contributed by atoms with Crippen molar-refractivity contribution in [3.05, 3.63) is 77.3 Å². The molecule has 1 fully saturated rings. The van der Waals surface area contributed by atoms with Crippen LogP contribution in [0, 0.1) is 0 Å². The molecule has 0 aliphatic carbocycles. The third-order valence-corrected chi connectivity index (χ3v) is 6.21. The molecule has 0 atom stereocenters. The molecule has 0 spiro atoms. The van der Waals surface area contributed by atoms with Crippen LogP contribution in [0.25, 0.3) is 27.7 Å². The average Bonchev–Trinajstić information content (AvgIpc) is 3.47. The summed E-state index contributed by atoms with van der Waals surface area (Å²) in [7, 11) is 0. The number of hydrogen-bond donors (Lipinski definition) is 0. The Morgan fingerprint density at radius 3 is 2.45 bits per heavy atom. The molecule has 2 aromatic carbocycles. The Kier molecular flexibility index (Phi) is 6.01. The Balaban J connectivity index is 1.35. The van der Waals surface area contributed by atoms with E-state index >= 15 is 0 Å². The van der Waals surface area contributed by atoms with Gasteiger partial charge in [0.25, 0.3) is 5.56 Å². The fourth-order valence-corrected chi connectivity index (χ4v) is 4.51. The maximum absolute atomic E-state index is 12.9. The van der Waals surface area contributed by atoms with Crippen LogP contribution >= 0.6 is 0 Å². The van der Waals surface area contributed by atoms with Crippen molar-refractivity contribution in [3.8, 4) is 22.6 Å². The highest BCUT2D eigenvalue weighted by Crippen LogP contribution is 2.23. The Labute approximate surface area is 194 Å². The van der Waals surface area contributed by atoms with Gasteiger partial charge < -0.3 is 9.64 Å². The molecule has 0 amide bonds. The zero-order valence-electron chi connectivity index (χ0n) is 19.3. The first-order chi connectivity index (χ1) is 16.1. The van der Waals surface area contributed by atoms with Crippen molar-refractivity contribution in [1.29, 1.82) is 0 Å². The number of hydrogen-bond acceptors (Lipinski definition) is 4. The number of rotatable bonds is 7. The number of fused-ring (bicyclic) bond motifs is 1. The molecule has 6 nitrogen and oxygen atoms in total. The molecule has 6 heteroatoms. The Hall–Kier alpha value is -3.38. The highest BCUT2D eigenvalue weighted by atomic mass is 16.5. The predicted molar refractivity (Wildman–Crippen MR) is 132 cm³/mol. The van der Waals surface area contributed by atoms with Crippen molar-refractivity contribution >= 4 is 10.9 Å². The summed E-state index contributed by atoms with van der Waals surface area (Å²) in [4.78, 5) is 15.4. The summed E-state index contributed by atoms with van der Waals surface area (Å²) < 4.78 is 9.46. The average molecular weight is 443 g/mol. The van der Waals surface area contributed by atoms with Crippen LogP contribution in [0.4, 0.5) is 0 Å². The molecular weight excluding hydrogens is 412 g/mol. The molecule has 1 aliphatic heterocycles. The van der Waals surface area contributed by atoms with Gasteiger partial charge in [0.2, 0.25) is 0 Å². The van der Waals surface area contributed by atoms with Gasteiger partial charge in [-0.05, 0) is 87.3 Å². The highest BCUT2D eigenvalue weighted by molar-refractivity contribution is 5.81. The van der Waals surface area contributed by atoms with E-state index in [0.717, 1.165) is 46.6 Å². The van der Waals surface area contributed by atoms with Crippen LogP contribution in [-0.4, -0.2) is 45.0 Å². The minimum absolute atomic E-state index is 0.0595. The maximum atomic E-state index is 12.9. The lowest BCUT2D eigenvalue weighted by Crippen LogP contribution is -2.24. The minimum atomic E-state index is -0.0595. The van der Waals surface area contributed by atoms with E-state index < -0.39 is 0 Å². The number of aromatic nitrogens is 3. The van der Waals surface area contributed by atoms with E-state index in [1.807, 2.05) is 68.7 Å². The summed E-state index contributed by atoms with van der Waals surface area (Å²) in [6, 6.07) is 17.6. The third kappa shape index (κ3) is 4.71. The van der Waals surface area contributed by atoms with Crippen LogP contribution in [0.15, 0.2) is 71.8 Å². The minimum Gasteiger partial charge on any atom is -0.491 e. The van der Waals surface area contributed by atoms with Crippen LogP contribution in [-0.2, 0) is 6.54 Å². The largest absolute Gasteiger partial charge is 0.491 e. The second-order valence-corrected chi connectivity index (χ2v) is 8.97. The van der Waals surface area contributed by atoms with Crippen LogP contribution in [0.2, 0.25) is 0 Å². The highest BCUT2D eigenvalue weighted by Gasteiger charge is 2.12. The van der Waals surface area contributed by atoms with Gasteiger partial charge in [0.05, 0.1) is 24.4 Å². The summed E-state index contributed by atoms with van der Waals surface area (Å²) in [5.74, 6) is 0.830. The molecule has 4 aromatic rings. The first-order valence-corrected chi connectivity index (χ1v) is 11.7. The first kappa shape index (κ1) is 21.5. The lowest BCUT2D eigenvalue weighted by Gasteiger charge is -2.14. The predicted octanol–water partition coefficient (Wildman–Crippen LogP) is 4.74. The number of pyridine rings is 1. The molecule has 0 radical (unpaired) electrons.